The molecule has 1 atom stereocenters. The number of aromatic nitrogens is 1. The van der Waals surface area contributed by atoms with Crippen LogP contribution < -0.4 is 0 Å². The fourth-order valence-electron chi connectivity index (χ4n) is 2.47. The molecule has 0 aliphatic carbocycles. The lowest BCUT2D eigenvalue weighted by Gasteiger charge is -2.35. The Labute approximate surface area is 135 Å². The second kappa shape index (κ2) is 8.57. The van der Waals surface area contributed by atoms with E-state index in [0.717, 1.165) is 29.4 Å². The Morgan fingerprint density at radius 3 is 2.73 bits per heavy atom. The van der Waals surface area contributed by atoms with Crippen LogP contribution in [0.5, 0.6) is 0 Å². The van der Waals surface area contributed by atoms with Gasteiger partial charge in [-0.1, -0.05) is 6.92 Å². The number of hydrogen-bond acceptors (Lipinski definition) is 6. The minimum atomic E-state index is -0.462. The lowest BCUT2D eigenvalue weighted by Crippen LogP contribution is -2.50. The van der Waals surface area contributed by atoms with E-state index in [0.29, 0.717) is 32.8 Å². The van der Waals surface area contributed by atoms with Crippen LogP contribution >= 0.6 is 11.3 Å². The summed E-state index contributed by atoms with van der Waals surface area (Å²) in [5.74, 6) is 0.0757. The molecule has 1 saturated heterocycles. The monoisotopic (exact) mass is 327 g/mol. The predicted octanol–water partition coefficient (Wildman–Crippen LogP) is 0.861. The van der Waals surface area contributed by atoms with E-state index in [1.54, 1.807) is 6.20 Å². The highest BCUT2D eigenvalue weighted by Crippen LogP contribution is 2.17. The zero-order valence-corrected chi connectivity index (χ0v) is 14.1. The summed E-state index contributed by atoms with van der Waals surface area (Å²) in [5, 5.41) is 10.9. The Bertz CT molecular complexity index is 472. The van der Waals surface area contributed by atoms with Gasteiger partial charge in [0.05, 0.1) is 23.9 Å². The van der Waals surface area contributed by atoms with Crippen molar-refractivity contribution in [3.63, 3.8) is 0 Å². The number of aliphatic hydroxyl groups is 1. The van der Waals surface area contributed by atoms with Gasteiger partial charge in [0, 0.05) is 39.3 Å². The predicted molar refractivity (Wildman–Crippen MR) is 86.3 cm³/mol. The van der Waals surface area contributed by atoms with E-state index in [1.807, 2.05) is 18.7 Å². The molecule has 22 heavy (non-hydrogen) atoms. The highest BCUT2D eigenvalue weighted by atomic mass is 32.1. The van der Waals surface area contributed by atoms with Crippen LogP contribution in [0.3, 0.4) is 0 Å². The van der Waals surface area contributed by atoms with Crippen LogP contribution in [0.25, 0.3) is 0 Å². The van der Waals surface area contributed by atoms with Crippen LogP contribution in [-0.4, -0.2) is 77.8 Å². The number of rotatable bonds is 7. The van der Waals surface area contributed by atoms with E-state index in [-0.39, 0.29) is 5.91 Å². The summed E-state index contributed by atoms with van der Waals surface area (Å²) in [6.45, 7) is 8.51. The molecule has 124 valence electrons. The number of β-amino-alcohol motifs (C(OH)–C–C–N with tert-alkyl or cyclic N) is 1. The Hall–Kier alpha value is -1.02. The van der Waals surface area contributed by atoms with Gasteiger partial charge in [0.25, 0.3) is 5.91 Å². The summed E-state index contributed by atoms with van der Waals surface area (Å²) in [6.07, 6.45) is 2.09. The quantitative estimate of drug-likeness (QED) is 0.805. The molecule has 2 rings (SSSR count). The standard InChI is InChI=1S/C15H25N3O3S/c1-3-14-16-9-13(22-14)15(20)18-7-5-17(6-8-18)10-12(19)11-21-4-2/h9,12,19H,3-8,10-11H2,1-2H3. The smallest absolute Gasteiger partial charge is 0.265 e. The van der Waals surface area contributed by atoms with E-state index < -0.39 is 6.10 Å². The molecule has 1 N–H and O–H groups in total. The van der Waals surface area contributed by atoms with Gasteiger partial charge >= 0.3 is 0 Å². The summed E-state index contributed by atoms with van der Waals surface area (Å²) in [7, 11) is 0. The first-order chi connectivity index (χ1) is 10.6. The van der Waals surface area contributed by atoms with Crippen LogP contribution in [0.1, 0.15) is 28.5 Å². The number of nitrogens with zero attached hydrogens (tertiary/aromatic N) is 3. The molecular weight excluding hydrogens is 302 g/mol. The van der Waals surface area contributed by atoms with Gasteiger partial charge < -0.3 is 14.7 Å². The largest absolute Gasteiger partial charge is 0.389 e. The summed E-state index contributed by atoms with van der Waals surface area (Å²) < 4.78 is 5.22. The Morgan fingerprint density at radius 1 is 1.41 bits per heavy atom. The number of ether oxygens (including phenoxy) is 1. The summed E-state index contributed by atoms with van der Waals surface area (Å²) in [6, 6.07) is 0. The molecule has 1 aromatic heterocycles. The minimum Gasteiger partial charge on any atom is -0.389 e. The zero-order chi connectivity index (χ0) is 15.9. The molecule has 1 fully saturated rings. The van der Waals surface area contributed by atoms with Crippen LogP contribution in [-0.2, 0) is 11.2 Å². The highest BCUT2D eigenvalue weighted by molar-refractivity contribution is 7.13. The normalized spacial score (nSPS) is 17.7. The van der Waals surface area contributed by atoms with Crippen molar-refractivity contribution in [2.24, 2.45) is 0 Å². The molecule has 2 heterocycles. The van der Waals surface area contributed by atoms with Crippen molar-refractivity contribution in [1.82, 2.24) is 14.8 Å². The number of hydrogen-bond donors (Lipinski definition) is 1. The van der Waals surface area contributed by atoms with E-state index in [2.05, 4.69) is 9.88 Å². The SMILES string of the molecule is CCOCC(O)CN1CCN(C(=O)c2cnc(CC)s2)CC1. The molecule has 1 amide bonds. The number of thiazole rings is 1. The van der Waals surface area contributed by atoms with Crippen molar-refractivity contribution < 1.29 is 14.6 Å². The fraction of sp³-hybridized carbons (Fsp3) is 0.733. The highest BCUT2D eigenvalue weighted by Gasteiger charge is 2.24. The first kappa shape index (κ1) is 17.3. The Kier molecular flexibility index (Phi) is 6.75. The molecule has 0 aromatic carbocycles. The van der Waals surface area contributed by atoms with Gasteiger partial charge in [0.1, 0.15) is 4.88 Å². The third kappa shape index (κ3) is 4.74. The summed E-state index contributed by atoms with van der Waals surface area (Å²) >= 11 is 1.48. The summed E-state index contributed by atoms with van der Waals surface area (Å²) in [4.78, 5) is 21.4. The number of piperazine rings is 1. The molecule has 7 heteroatoms. The van der Waals surface area contributed by atoms with Gasteiger partial charge in [-0.25, -0.2) is 4.98 Å². The van der Waals surface area contributed by atoms with Crippen molar-refractivity contribution in [1.29, 1.82) is 0 Å². The Balaban J connectivity index is 1.77. The number of aliphatic hydroxyl groups excluding tert-OH is 1. The third-order valence-corrected chi connectivity index (χ3v) is 4.84. The second-order valence-corrected chi connectivity index (χ2v) is 6.49. The average Bonchev–Trinajstić information content (AvgIpc) is 3.02. The second-order valence-electron chi connectivity index (χ2n) is 5.38. The molecule has 6 nitrogen and oxygen atoms in total. The van der Waals surface area contributed by atoms with Gasteiger partial charge in [0.15, 0.2) is 0 Å². The van der Waals surface area contributed by atoms with E-state index in [9.17, 15) is 9.90 Å². The number of amides is 1. The van der Waals surface area contributed by atoms with E-state index >= 15 is 0 Å². The van der Waals surface area contributed by atoms with Crippen LogP contribution in [0.4, 0.5) is 0 Å². The molecular formula is C15H25N3O3S. The number of aryl methyl sites for hydroxylation is 1. The van der Waals surface area contributed by atoms with Crippen LogP contribution in [0.2, 0.25) is 0 Å². The van der Waals surface area contributed by atoms with Crippen molar-refractivity contribution in [2.45, 2.75) is 26.4 Å². The number of carbonyl (C=O) groups is 1. The maximum Gasteiger partial charge on any atom is 0.265 e. The lowest BCUT2D eigenvalue weighted by atomic mass is 10.2. The fourth-order valence-corrected chi connectivity index (χ4v) is 3.29. The molecule has 0 bridgehead atoms. The minimum absolute atomic E-state index is 0.0757. The third-order valence-electron chi connectivity index (χ3n) is 3.71. The molecule has 0 spiro atoms. The lowest BCUT2D eigenvalue weighted by molar-refractivity contribution is 0.0112. The topological polar surface area (TPSA) is 65.9 Å². The average molecular weight is 327 g/mol. The molecule has 1 aliphatic rings. The van der Waals surface area contributed by atoms with Crippen molar-refractivity contribution in [2.75, 3.05) is 45.9 Å². The van der Waals surface area contributed by atoms with Crippen LogP contribution in [0, 0.1) is 0 Å². The van der Waals surface area contributed by atoms with Crippen molar-refractivity contribution in [3.8, 4) is 0 Å². The van der Waals surface area contributed by atoms with Gasteiger partial charge in [-0.05, 0) is 13.3 Å². The maximum absolute atomic E-state index is 12.4. The zero-order valence-electron chi connectivity index (χ0n) is 13.3. The molecule has 1 aromatic rings. The molecule has 0 radical (unpaired) electrons. The van der Waals surface area contributed by atoms with Crippen LogP contribution in [0.15, 0.2) is 6.20 Å². The number of carbonyl (C=O) groups excluding carboxylic acids is 1. The van der Waals surface area contributed by atoms with Gasteiger partial charge in [0.2, 0.25) is 0 Å². The van der Waals surface area contributed by atoms with E-state index in [4.69, 9.17) is 4.74 Å². The first-order valence-electron chi connectivity index (χ1n) is 7.86. The first-order valence-corrected chi connectivity index (χ1v) is 8.67. The van der Waals surface area contributed by atoms with Crippen molar-refractivity contribution in [3.05, 3.63) is 16.1 Å². The van der Waals surface area contributed by atoms with Gasteiger partial charge in [-0.3, -0.25) is 9.69 Å². The van der Waals surface area contributed by atoms with Gasteiger partial charge in [-0.15, -0.1) is 11.3 Å². The van der Waals surface area contributed by atoms with E-state index in [1.165, 1.54) is 11.3 Å². The van der Waals surface area contributed by atoms with Gasteiger partial charge in [-0.2, -0.15) is 0 Å². The molecule has 1 aliphatic heterocycles. The summed E-state index contributed by atoms with van der Waals surface area (Å²) in [5.41, 5.74) is 0. The molecule has 1 unspecified atom stereocenters. The van der Waals surface area contributed by atoms with Crippen molar-refractivity contribution >= 4 is 17.2 Å². The Morgan fingerprint density at radius 2 is 2.14 bits per heavy atom. The maximum atomic E-state index is 12.4. The molecule has 0 saturated carbocycles.